The molecule has 0 spiro atoms. The summed E-state index contributed by atoms with van der Waals surface area (Å²) in [6.07, 6.45) is 0. The molecule has 0 aliphatic rings. The van der Waals surface area contributed by atoms with Gasteiger partial charge in [0.2, 0.25) is 0 Å². The van der Waals surface area contributed by atoms with E-state index < -0.39 is 0 Å². The van der Waals surface area contributed by atoms with Crippen LogP contribution in [0.1, 0.15) is 19.4 Å². The van der Waals surface area contributed by atoms with Crippen LogP contribution in [-0.4, -0.2) is 19.1 Å². The summed E-state index contributed by atoms with van der Waals surface area (Å²) in [7, 11) is 2.07. The highest BCUT2D eigenvalue weighted by Crippen LogP contribution is 2.15. The molecule has 78 valence electrons. The molecular weight excluding hydrogens is 172 g/mol. The van der Waals surface area contributed by atoms with Gasteiger partial charge in [-0.3, -0.25) is 0 Å². The van der Waals surface area contributed by atoms with Crippen molar-refractivity contribution in [1.29, 1.82) is 0 Å². The standard InChI is InChI=1S/C12H20N2/c1-10-6-5-7-11(8-10)14(4)9-12(2,3)13/h5-8H,9,13H2,1-4H3. The van der Waals surface area contributed by atoms with E-state index in [1.807, 2.05) is 13.8 Å². The minimum Gasteiger partial charge on any atom is -0.373 e. The first kappa shape index (κ1) is 11.1. The number of nitrogens with two attached hydrogens (primary N) is 1. The lowest BCUT2D eigenvalue weighted by Gasteiger charge is -2.28. The van der Waals surface area contributed by atoms with Gasteiger partial charge >= 0.3 is 0 Å². The molecule has 0 saturated heterocycles. The van der Waals surface area contributed by atoms with Gasteiger partial charge in [0.15, 0.2) is 0 Å². The van der Waals surface area contributed by atoms with Crippen LogP contribution in [0.3, 0.4) is 0 Å². The van der Waals surface area contributed by atoms with E-state index in [0.29, 0.717) is 0 Å². The van der Waals surface area contributed by atoms with Crippen molar-refractivity contribution in [3.05, 3.63) is 29.8 Å². The highest BCUT2D eigenvalue weighted by molar-refractivity contribution is 5.47. The second kappa shape index (κ2) is 4.01. The highest BCUT2D eigenvalue weighted by Gasteiger charge is 2.13. The molecule has 1 rings (SSSR count). The van der Waals surface area contributed by atoms with Crippen LogP contribution in [0, 0.1) is 6.92 Å². The van der Waals surface area contributed by atoms with Gasteiger partial charge in [0, 0.05) is 24.8 Å². The minimum absolute atomic E-state index is 0.154. The van der Waals surface area contributed by atoms with Crippen LogP contribution in [-0.2, 0) is 0 Å². The van der Waals surface area contributed by atoms with E-state index in [9.17, 15) is 0 Å². The van der Waals surface area contributed by atoms with Crippen LogP contribution in [0.2, 0.25) is 0 Å². The molecule has 2 heteroatoms. The maximum absolute atomic E-state index is 5.97. The molecule has 0 unspecified atom stereocenters. The Morgan fingerprint density at radius 2 is 2.00 bits per heavy atom. The molecule has 0 aliphatic heterocycles. The largest absolute Gasteiger partial charge is 0.373 e. The summed E-state index contributed by atoms with van der Waals surface area (Å²) in [6, 6.07) is 8.46. The predicted octanol–water partition coefficient (Wildman–Crippen LogP) is 2.17. The highest BCUT2D eigenvalue weighted by atomic mass is 15.1. The van der Waals surface area contributed by atoms with Crippen LogP contribution in [0.25, 0.3) is 0 Å². The Hall–Kier alpha value is -1.02. The Morgan fingerprint density at radius 1 is 1.36 bits per heavy atom. The van der Waals surface area contributed by atoms with E-state index in [-0.39, 0.29) is 5.54 Å². The van der Waals surface area contributed by atoms with Crippen LogP contribution >= 0.6 is 0 Å². The Morgan fingerprint density at radius 3 is 2.50 bits per heavy atom. The number of nitrogens with zero attached hydrogens (tertiary/aromatic N) is 1. The molecule has 0 amide bonds. The van der Waals surface area contributed by atoms with Gasteiger partial charge in [-0.15, -0.1) is 0 Å². The Bertz CT molecular complexity index is 299. The summed E-state index contributed by atoms with van der Waals surface area (Å²) in [5.74, 6) is 0. The topological polar surface area (TPSA) is 29.3 Å². The van der Waals surface area contributed by atoms with Crippen molar-refractivity contribution in [2.75, 3.05) is 18.5 Å². The predicted molar refractivity (Wildman–Crippen MR) is 62.7 cm³/mol. The summed E-state index contributed by atoms with van der Waals surface area (Å²) in [4.78, 5) is 2.19. The zero-order valence-corrected chi connectivity index (χ0v) is 9.54. The van der Waals surface area contributed by atoms with Crippen LogP contribution in [0.5, 0.6) is 0 Å². The van der Waals surface area contributed by atoms with Gasteiger partial charge in [0.1, 0.15) is 0 Å². The molecule has 0 bridgehead atoms. The van der Waals surface area contributed by atoms with E-state index >= 15 is 0 Å². The second-order valence-corrected chi connectivity index (χ2v) is 4.68. The number of hydrogen-bond acceptors (Lipinski definition) is 2. The smallest absolute Gasteiger partial charge is 0.0366 e. The monoisotopic (exact) mass is 192 g/mol. The van der Waals surface area contributed by atoms with Crippen LogP contribution < -0.4 is 10.6 Å². The third kappa shape index (κ3) is 3.38. The molecule has 1 aromatic carbocycles. The number of anilines is 1. The molecule has 14 heavy (non-hydrogen) atoms. The van der Waals surface area contributed by atoms with Crippen molar-refractivity contribution in [3.63, 3.8) is 0 Å². The maximum atomic E-state index is 5.97. The molecule has 1 aromatic rings. The first-order valence-electron chi connectivity index (χ1n) is 4.95. The average molecular weight is 192 g/mol. The number of benzene rings is 1. The van der Waals surface area contributed by atoms with Crippen molar-refractivity contribution in [3.8, 4) is 0 Å². The van der Waals surface area contributed by atoms with E-state index in [1.165, 1.54) is 11.3 Å². The molecule has 2 nitrogen and oxygen atoms in total. The van der Waals surface area contributed by atoms with E-state index in [2.05, 4.69) is 43.1 Å². The number of hydrogen-bond donors (Lipinski definition) is 1. The Kier molecular flexibility index (Phi) is 3.17. The lowest BCUT2D eigenvalue weighted by Crippen LogP contribution is -2.44. The minimum atomic E-state index is -0.154. The molecule has 0 radical (unpaired) electrons. The van der Waals surface area contributed by atoms with Gasteiger partial charge in [-0.05, 0) is 38.5 Å². The zero-order chi connectivity index (χ0) is 10.8. The molecule has 0 atom stereocenters. The Labute approximate surface area is 86.7 Å². The first-order valence-corrected chi connectivity index (χ1v) is 4.95. The fourth-order valence-corrected chi connectivity index (χ4v) is 1.57. The number of likely N-dealkylation sites (N-methyl/N-ethyl adjacent to an activating group) is 1. The van der Waals surface area contributed by atoms with Gasteiger partial charge in [-0.1, -0.05) is 12.1 Å². The van der Waals surface area contributed by atoms with Crippen LogP contribution in [0.4, 0.5) is 5.69 Å². The van der Waals surface area contributed by atoms with Crippen LogP contribution in [0.15, 0.2) is 24.3 Å². The molecule has 0 saturated carbocycles. The molecule has 0 heterocycles. The number of rotatable bonds is 3. The van der Waals surface area contributed by atoms with Gasteiger partial charge in [-0.2, -0.15) is 0 Å². The summed E-state index contributed by atoms with van der Waals surface area (Å²) in [6.45, 7) is 7.04. The van der Waals surface area contributed by atoms with Gasteiger partial charge in [0.05, 0.1) is 0 Å². The molecular formula is C12H20N2. The maximum Gasteiger partial charge on any atom is 0.0366 e. The van der Waals surface area contributed by atoms with Crippen molar-refractivity contribution < 1.29 is 0 Å². The van der Waals surface area contributed by atoms with Crippen molar-refractivity contribution >= 4 is 5.69 Å². The van der Waals surface area contributed by atoms with Gasteiger partial charge < -0.3 is 10.6 Å². The lowest BCUT2D eigenvalue weighted by atomic mass is 10.1. The van der Waals surface area contributed by atoms with Crippen molar-refractivity contribution in [2.45, 2.75) is 26.3 Å². The van der Waals surface area contributed by atoms with E-state index in [0.717, 1.165) is 6.54 Å². The SMILES string of the molecule is Cc1cccc(N(C)CC(C)(C)N)c1. The van der Waals surface area contributed by atoms with E-state index in [4.69, 9.17) is 5.73 Å². The summed E-state index contributed by atoms with van der Waals surface area (Å²) >= 11 is 0. The summed E-state index contributed by atoms with van der Waals surface area (Å²) in [5, 5.41) is 0. The number of aryl methyl sites for hydroxylation is 1. The first-order chi connectivity index (χ1) is 6.38. The quantitative estimate of drug-likeness (QED) is 0.795. The van der Waals surface area contributed by atoms with Gasteiger partial charge in [0.25, 0.3) is 0 Å². The van der Waals surface area contributed by atoms with Gasteiger partial charge in [-0.25, -0.2) is 0 Å². The molecule has 0 aromatic heterocycles. The lowest BCUT2D eigenvalue weighted by molar-refractivity contribution is 0.519. The molecule has 0 aliphatic carbocycles. The average Bonchev–Trinajstić information content (AvgIpc) is 2.01. The van der Waals surface area contributed by atoms with Crippen molar-refractivity contribution in [2.24, 2.45) is 5.73 Å². The van der Waals surface area contributed by atoms with E-state index in [1.54, 1.807) is 0 Å². The fraction of sp³-hybridized carbons (Fsp3) is 0.500. The third-order valence-corrected chi connectivity index (χ3v) is 2.09. The third-order valence-electron chi connectivity index (χ3n) is 2.09. The zero-order valence-electron chi connectivity index (χ0n) is 9.54. The normalized spacial score (nSPS) is 11.5. The Balaban J connectivity index is 2.74. The second-order valence-electron chi connectivity index (χ2n) is 4.68. The molecule has 2 N–H and O–H groups in total. The molecule has 0 fully saturated rings. The fourth-order valence-electron chi connectivity index (χ4n) is 1.57. The summed E-state index contributed by atoms with van der Waals surface area (Å²) in [5.41, 5.74) is 8.32. The summed E-state index contributed by atoms with van der Waals surface area (Å²) < 4.78 is 0. The van der Waals surface area contributed by atoms with Crippen molar-refractivity contribution in [1.82, 2.24) is 0 Å².